The number of urea groups is 1. The van der Waals surface area contributed by atoms with E-state index in [1.807, 2.05) is 32.3 Å². The summed E-state index contributed by atoms with van der Waals surface area (Å²) in [7, 11) is 4.06. The summed E-state index contributed by atoms with van der Waals surface area (Å²) in [4.78, 5) is 18.3. The molecule has 0 radical (unpaired) electrons. The first-order valence-electron chi connectivity index (χ1n) is 10.7. The number of carbonyl (C=O) groups is 1. The predicted octanol–water partition coefficient (Wildman–Crippen LogP) is 3.46. The minimum Gasteiger partial charge on any atom is -0.379 e. The van der Waals surface area contributed by atoms with Gasteiger partial charge in [0, 0.05) is 60.4 Å². The van der Waals surface area contributed by atoms with Crippen molar-refractivity contribution in [1.82, 2.24) is 19.7 Å². The van der Waals surface area contributed by atoms with Crippen molar-refractivity contribution < 1.29 is 9.53 Å². The van der Waals surface area contributed by atoms with Gasteiger partial charge in [-0.1, -0.05) is 6.07 Å². The normalized spacial score (nSPS) is 16.0. The number of fused-ring (bicyclic) bond motifs is 1. The standard InChI is InChI=1S/C23H31N5O2S/c1-26(2)21(22-4-3-15-31-22)17-24-23(29)25-19-5-6-20-18(16-19)7-8-28(20)10-9-27-11-13-30-14-12-27/h3-8,15-16,21H,9-14,17H2,1-2H3,(H2,24,25,29). The second kappa shape index (κ2) is 10.3. The molecule has 1 aliphatic rings. The Morgan fingerprint density at radius 1 is 1.19 bits per heavy atom. The number of morpholine rings is 1. The number of thiophene rings is 1. The summed E-state index contributed by atoms with van der Waals surface area (Å²) in [5.41, 5.74) is 1.98. The molecule has 3 heterocycles. The van der Waals surface area contributed by atoms with E-state index in [1.165, 1.54) is 10.4 Å². The van der Waals surface area contributed by atoms with Gasteiger partial charge in [-0.05, 0) is 49.8 Å². The average Bonchev–Trinajstić information content (AvgIpc) is 3.43. The van der Waals surface area contributed by atoms with Gasteiger partial charge in [0.15, 0.2) is 0 Å². The molecular formula is C23H31N5O2S. The van der Waals surface area contributed by atoms with Gasteiger partial charge in [-0.2, -0.15) is 0 Å². The molecule has 3 aromatic rings. The van der Waals surface area contributed by atoms with Crippen molar-refractivity contribution in [2.24, 2.45) is 0 Å². The lowest BCUT2D eigenvalue weighted by Gasteiger charge is -2.26. The first kappa shape index (κ1) is 21.8. The number of ether oxygens (including phenoxy) is 1. The number of likely N-dealkylation sites (N-methyl/N-ethyl adjacent to an activating group) is 1. The maximum Gasteiger partial charge on any atom is 0.319 e. The molecule has 7 nitrogen and oxygen atoms in total. The van der Waals surface area contributed by atoms with E-state index in [2.05, 4.69) is 54.8 Å². The molecular weight excluding hydrogens is 410 g/mol. The summed E-state index contributed by atoms with van der Waals surface area (Å²) >= 11 is 1.71. The zero-order chi connectivity index (χ0) is 21.6. The molecule has 1 fully saturated rings. The van der Waals surface area contributed by atoms with Crippen LogP contribution in [-0.2, 0) is 11.3 Å². The van der Waals surface area contributed by atoms with Gasteiger partial charge < -0.3 is 24.8 Å². The number of benzene rings is 1. The van der Waals surface area contributed by atoms with Crippen LogP contribution in [0.1, 0.15) is 10.9 Å². The molecule has 2 N–H and O–H groups in total. The Balaban J connectivity index is 1.32. The molecule has 0 aliphatic carbocycles. The Morgan fingerprint density at radius 2 is 2.03 bits per heavy atom. The van der Waals surface area contributed by atoms with Crippen LogP contribution in [0.2, 0.25) is 0 Å². The molecule has 31 heavy (non-hydrogen) atoms. The van der Waals surface area contributed by atoms with Gasteiger partial charge in [0.2, 0.25) is 0 Å². The van der Waals surface area contributed by atoms with Crippen LogP contribution >= 0.6 is 11.3 Å². The molecule has 2 aromatic heterocycles. The third-order valence-corrected chi connectivity index (χ3v) is 6.71. The van der Waals surface area contributed by atoms with Crippen molar-refractivity contribution in [1.29, 1.82) is 0 Å². The second-order valence-electron chi connectivity index (χ2n) is 8.07. The fourth-order valence-corrected chi connectivity index (χ4v) is 4.85. The zero-order valence-electron chi connectivity index (χ0n) is 18.2. The summed E-state index contributed by atoms with van der Waals surface area (Å²) in [6.07, 6.45) is 2.12. The highest BCUT2D eigenvalue weighted by Crippen LogP contribution is 2.23. The van der Waals surface area contributed by atoms with Crippen LogP contribution < -0.4 is 10.6 Å². The maximum atomic E-state index is 12.5. The molecule has 1 aliphatic heterocycles. The number of aromatic nitrogens is 1. The largest absolute Gasteiger partial charge is 0.379 e. The maximum absolute atomic E-state index is 12.5. The van der Waals surface area contributed by atoms with Crippen molar-refractivity contribution in [3.05, 3.63) is 52.9 Å². The van der Waals surface area contributed by atoms with Gasteiger partial charge in [-0.15, -0.1) is 11.3 Å². The molecule has 166 valence electrons. The van der Waals surface area contributed by atoms with Crippen molar-refractivity contribution in [2.75, 3.05) is 58.8 Å². The molecule has 1 aromatic carbocycles. The van der Waals surface area contributed by atoms with Crippen molar-refractivity contribution >= 4 is 34.0 Å². The fourth-order valence-electron chi connectivity index (χ4n) is 3.93. The minimum absolute atomic E-state index is 0.161. The minimum atomic E-state index is -0.186. The molecule has 8 heteroatoms. The Kier molecular flexibility index (Phi) is 7.24. The molecule has 0 spiro atoms. The Morgan fingerprint density at radius 3 is 2.77 bits per heavy atom. The van der Waals surface area contributed by atoms with Gasteiger partial charge in [-0.25, -0.2) is 4.79 Å². The highest BCUT2D eigenvalue weighted by atomic mass is 32.1. The Bertz CT molecular complexity index is 979. The number of carbonyl (C=O) groups excluding carboxylic acids is 1. The van der Waals surface area contributed by atoms with Gasteiger partial charge in [0.05, 0.1) is 19.3 Å². The third-order valence-electron chi connectivity index (χ3n) is 5.74. The van der Waals surface area contributed by atoms with Gasteiger partial charge >= 0.3 is 6.03 Å². The van der Waals surface area contributed by atoms with Crippen LogP contribution in [0, 0.1) is 0 Å². The summed E-state index contributed by atoms with van der Waals surface area (Å²) in [5.74, 6) is 0. The van der Waals surface area contributed by atoms with E-state index in [0.717, 1.165) is 50.5 Å². The van der Waals surface area contributed by atoms with Crippen molar-refractivity contribution in [3.63, 3.8) is 0 Å². The van der Waals surface area contributed by atoms with Crippen LogP contribution in [-0.4, -0.2) is 73.9 Å². The van der Waals surface area contributed by atoms with Gasteiger partial charge in [0.1, 0.15) is 0 Å². The van der Waals surface area contributed by atoms with Crippen LogP contribution in [0.5, 0.6) is 0 Å². The first-order chi connectivity index (χ1) is 15.1. The number of amides is 2. The van der Waals surface area contributed by atoms with E-state index < -0.39 is 0 Å². The summed E-state index contributed by atoms with van der Waals surface area (Å²) in [6, 6.07) is 12.3. The second-order valence-corrected chi connectivity index (χ2v) is 9.05. The third kappa shape index (κ3) is 5.65. The molecule has 4 rings (SSSR count). The SMILES string of the molecule is CN(C)C(CNC(=O)Nc1ccc2c(ccn2CCN2CCOCC2)c1)c1cccs1. The number of rotatable bonds is 8. The number of nitrogens with zero attached hydrogens (tertiary/aromatic N) is 3. The highest BCUT2D eigenvalue weighted by molar-refractivity contribution is 7.10. The van der Waals surface area contributed by atoms with E-state index in [4.69, 9.17) is 4.74 Å². The van der Waals surface area contributed by atoms with E-state index in [-0.39, 0.29) is 12.1 Å². The van der Waals surface area contributed by atoms with E-state index in [1.54, 1.807) is 11.3 Å². The molecule has 0 saturated carbocycles. The Labute approximate surface area is 187 Å². The van der Waals surface area contributed by atoms with Crippen molar-refractivity contribution in [2.45, 2.75) is 12.6 Å². The number of anilines is 1. The van der Waals surface area contributed by atoms with E-state index in [0.29, 0.717) is 6.54 Å². The summed E-state index contributed by atoms with van der Waals surface area (Å²) < 4.78 is 7.70. The quantitative estimate of drug-likeness (QED) is 0.562. The summed E-state index contributed by atoms with van der Waals surface area (Å²) in [5, 5.41) is 9.17. The summed E-state index contributed by atoms with van der Waals surface area (Å²) in [6.45, 7) is 6.18. The van der Waals surface area contributed by atoms with Crippen LogP contribution in [0.25, 0.3) is 10.9 Å². The molecule has 2 amide bonds. The van der Waals surface area contributed by atoms with Gasteiger partial charge in [0.25, 0.3) is 0 Å². The number of nitrogens with one attached hydrogen (secondary N) is 2. The fraction of sp³-hybridized carbons (Fsp3) is 0.435. The predicted molar refractivity (Wildman–Crippen MR) is 127 cm³/mol. The molecule has 1 atom stereocenters. The molecule has 1 unspecified atom stereocenters. The van der Waals surface area contributed by atoms with E-state index in [9.17, 15) is 4.79 Å². The number of hydrogen-bond acceptors (Lipinski definition) is 5. The zero-order valence-corrected chi connectivity index (χ0v) is 19.0. The topological polar surface area (TPSA) is 61.8 Å². The smallest absolute Gasteiger partial charge is 0.319 e. The van der Waals surface area contributed by atoms with Crippen molar-refractivity contribution in [3.8, 4) is 0 Å². The average molecular weight is 442 g/mol. The first-order valence-corrected chi connectivity index (χ1v) is 11.6. The van der Waals surface area contributed by atoms with E-state index >= 15 is 0 Å². The molecule has 1 saturated heterocycles. The monoisotopic (exact) mass is 441 g/mol. The van der Waals surface area contributed by atoms with Crippen LogP contribution in [0.3, 0.4) is 0 Å². The van der Waals surface area contributed by atoms with Crippen LogP contribution in [0.4, 0.5) is 10.5 Å². The number of hydrogen-bond donors (Lipinski definition) is 2. The molecule has 0 bridgehead atoms. The Hall–Kier alpha value is -2.39. The highest BCUT2D eigenvalue weighted by Gasteiger charge is 2.16. The lowest BCUT2D eigenvalue weighted by Crippen LogP contribution is -2.38. The van der Waals surface area contributed by atoms with Crippen LogP contribution in [0.15, 0.2) is 48.0 Å². The van der Waals surface area contributed by atoms with Gasteiger partial charge in [-0.3, -0.25) is 4.90 Å². The lowest BCUT2D eigenvalue weighted by molar-refractivity contribution is 0.0365. The lowest BCUT2D eigenvalue weighted by atomic mass is 10.2.